The van der Waals surface area contributed by atoms with Crippen LogP contribution in [-0.4, -0.2) is 28.9 Å². The number of fused-ring (bicyclic) bond motifs is 1. The predicted molar refractivity (Wildman–Crippen MR) is 93.3 cm³/mol. The summed E-state index contributed by atoms with van der Waals surface area (Å²) < 4.78 is 0. The van der Waals surface area contributed by atoms with E-state index in [1.165, 1.54) is 18.2 Å². The molecule has 0 spiro atoms. The summed E-state index contributed by atoms with van der Waals surface area (Å²) in [5, 5.41) is 2.34. The highest BCUT2D eigenvalue weighted by atomic mass is 127. The van der Waals surface area contributed by atoms with E-state index < -0.39 is 0 Å². The van der Waals surface area contributed by atoms with Gasteiger partial charge in [-0.05, 0) is 24.3 Å². The lowest BCUT2D eigenvalue weighted by Gasteiger charge is -2.16. The zero-order chi connectivity index (χ0) is 13.2. The average Bonchev–Trinajstić information content (AvgIpc) is 3.28. The second kappa shape index (κ2) is 6.39. The number of aromatic nitrogens is 1. The van der Waals surface area contributed by atoms with E-state index in [0.29, 0.717) is 18.5 Å². The zero-order valence-electron chi connectivity index (χ0n) is 11.5. The van der Waals surface area contributed by atoms with E-state index in [2.05, 4.69) is 27.0 Å². The number of hydrogen-bond acceptors (Lipinski definition) is 2. The van der Waals surface area contributed by atoms with Crippen LogP contribution in [0.3, 0.4) is 0 Å². The maximum absolute atomic E-state index is 6.00. The van der Waals surface area contributed by atoms with Gasteiger partial charge in [0.05, 0.1) is 12.2 Å². The van der Waals surface area contributed by atoms with E-state index in [0.717, 1.165) is 11.1 Å². The monoisotopic (exact) mass is 382 g/mol. The van der Waals surface area contributed by atoms with Crippen LogP contribution in [0.25, 0.3) is 10.8 Å². The summed E-state index contributed by atoms with van der Waals surface area (Å²) in [6, 6.07) is 10.8. The molecule has 1 aliphatic rings. The van der Waals surface area contributed by atoms with Gasteiger partial charge >= 0.3 is 0 Å². The number of hydrogen-bond donors (Lipinski definition) is 1. The highest BCUT2D eigenvalue weighted by molar-refractivity contribution is 14.0. The summed E-state index contributed by atoms with van der Waals surface area (Å²) in [6.07, 6.45) is 4.27. The summed E-state index contributed by atoms with van der Waals surface area (Å²) in [5.41, 5.74) is 6.98. The van der Waals surface area contributed by atoms with Crippen molar-refractivity contribution in [3.05, 3.63) is 42.2 Å². The Morgan fingerprint density at radius 1 is 1.35 bits per heavy atom. The van der Waals surface area contributed by atoms with E-state index in [1.54, 1.807) is 0 Å². The summed E-state index contributed by atoms with van der Waals surface area (Å²) >= 11 is 0. The molecule has 2 N–H and O–H groups in total. The second-order valence-corrected chi connectivity index (χ2v) is 5.00. The molecule has 20 heavy (non-hydrogen) atoms. The van der Waals surface area contributed by atoms with Crippen molar-refractivity contribution in [1.29, 1.82) is 0 Å². The van der Waals surface area contributed by atoms with Crippen molar-refractivity contribution in [3.63, 3.8) is 0 Å². The number of rotatable bonds is 3. The van der Waals surface area contributed by atoms with Crippen molar-refractivity contribution < 1.29 is 0 Å². The molecular weight excluding hydrogens is 363 g/mol. The minimum atomic E-state index is 0. The Labute approximate surface area is 136 Å². The van der Waals surface area contributed by atoms with E-state index in [9.17, 15) is 0 Å². The van der Waals surface area contributed by atoms with Gasteiger partial charge in [-0.3, -0.25) is 4.98 Å². The first-order valence-electron chi connectivity index (χ1n) is 6.61. The van der Waals surface area contributed by atoms with Crippen LogP contribution < -0.4 is 5.73 Å². The molecule has 106 valence electrons. The number of nitrogens with two attached hydrogens (primary N) is 1. The van der Waals surface area contributed by atoms with Crippen LogP contribution in [0, 0.1) is 0 Å². The molecule has 4 nitrogen and oxygen atoms in total. The molecule has 0 amide bonds. The van der Waals surface area contributed by atoms with Crippen molar-refractivity contribution in [2.45, 2.75) is 25.4 Å². The minimum absolute atomic E-state index is 0. The fourth-order valence-electron chi connectivity index (χ4n) is 2.22. The third-order valence-corrected chi connectivity index (χ3v) is 3.60. The molecule has 0 unspecified atom stereocenters. The lowest BCUT2D eigenvalue weighted by molar-refractivity contribution is 0.487. The van der Waals surface area contributed by atoms with Gasteiger partial charge in [0.25, 0.3) is 0 Å². The van der Waals surface area contributed by atoms with Crippen LogP contribution in [-0.2, 0) is 6.54 Å². The molecule has 1 fully saturated rings. The summed E-state index contributed by atoms with van der Waals surface area (Å²) in [5.74, 6) is 0.609. The molecule has 1 heterocycles. The standard InChI is InChI=1S/C15H18N4.HI/c1-19(12-6-7-12)15(16)18-10-14-13-5-3-2-4-11(13)8-9-17-14;/h2-5,8-9,12H,6-7,10H2,1H3,(H2,16,18);1H. The second-order valence-electron chi connectivity index (χ2n) is 5.00. The Kier molecular flexibility index (Phi) is 4.80. The highest BCUT2D eigenvalue weighted by Gasteiger charge is 2.27. The van der Waals surface area contributed by atoms with Crippen molar-refractivity contribution >= 4 is 40.7 Å². The smallest absolute Gasteiger partial charge is 0.191 e. The van der Waals surface area contributed by atoms with Crippen LogP contribution in [0.4, 0.5) is 0 Å². The largest absolute Gasteiger partial charge is 0.370 e. The lowest BCUT2D eigenvalue weighted by atomic mass is 10.1. The molecule has 0 atom stereocenters. The zero-order valence-corrected chi connectivity index (χ0v) is 13.8. The maximum Gasteiger partial charge on any atom is 0.191 e. The maximum atomic E-state index is 6.00. The van der Waals surface area contributed by atoms with Gasteiger partial charge in [0, 0.05) is 24.7 Å². The third-order valence-electron chi connectivity index (χ3n) is 3.60. The lowest BCUT2D eigenvalue weighted by Crippen LogP contribution is -2.35. The van der Waals surface area contributed by atoms with Crippen molar-refractivity contribution in [2.75, 3.05) is 7.05 Å². The highest BCUT2D eigenvalue weighted by Crippen LogP contribution is 2.25. The molecule has 1 aliphatic carbocycles. The number of nitrogens with zero attached hydrogens (tertiary/aromatic N) is 3. The van der Waals surface area contributed by atoms with Gasteiger partial charge in [-0.1, -0.05) is 24.3 Å². The van der Waals surface area contributed by atoms with E-state index >= 15 is 0 Å². The van der Waals surface area contributed by atoms with Gasteiger partial charge < -0.3 is 10.6 Å². The van der Waals surface area contributed by atoms with Crippen LogP contribution >= 0.6 is 24.0 Å². The number of guanidine groups is 1. The minimum Gasteiger partial charge on any atom is -0.370 e. The molecule has 5 heteroatoms. The number of aliphatic imine (C=N–C) groups is 1. The van der Waals surface area contributed by atoms with Crippen molar-refractivity contribution in [2.24, 2.45) is 10.7 Å². The van der Waals surface area contributed by atoms with Gasteiger partial charge in [-0.15, -0.1) is 24.0 Å². The SMILES string of the molecule is CN(C(N)=NCc1nccc2ccccc12)C1CC1.I. The van der Waals surface area contributed by atoms with Crippen molar-refractivity contribution in [1.82, 2.24) is 9.88 Å². The van der Waals surface area contributed by atoms with Crippen LogP contribution in [0.15, 0.2) is 41.5 Å². The Morgan fingerprint density at radius 2 is 2.10 bits per heavy atom. The first-order valence-corrected chi connectivity index (χ1v) is 6.61. The van der Waals surface area contributed by atoms with Crippen LogP contribution in [0.5, 0.6) is 0 Å². The molecular formula is C15H19IN4. The van der Waals surface area contributed by atoms with E-state index in [1.807, 2.05) is 31.4 Å². The molecule has 0 aliphatic heterocycles. The predicted octanol–water partition coefficient (Wildman–Crippen LogP) is 2.76. The van der Waals surface area contributed by atoms with Gasteiger partial charge in [-0.2, -0.15) is 0 Å². The average molecular weight is 382 g/mol. The normalized spacial score (nSPS) is 14.9. The molecule has 0 radical (unpaired) electrons. The molecule has 3 rings (SSSR count). The number of benzene rings is 1. The molecule has 1 saturated carbocycles. The van der Waals surface area contributed by atoms with Gasteiger partial charge in [0.2, 0.25) is 0 Å². The van der Waals surface area contributed by atoms with E-state index in [4.69, 9.17) is 5.73 Å². The number of pyridine rings is 1. The van der Waals surface area contributed by atoms with Crippen LogP contribution in [0.1, 0.15) is 18.5 Å². The number of halogens is 1. The summed E-state index contributed by atoms with van der Waals surface area (Å²) in [6.45, 7) is 0.532. The first-order chi connectivity index (χ1) is 9.25. The van der Waals surface area contributed by atoms with Crippen molar-refractivity contribution in [3.8, 4) is 0 Å². The molecule has 2 aromatic rings. The molecule has 1 aromatic carbocycles. The summed E-state index contributed by atoms with van der Waals surface area (Å²) in [7, 11) is 2.01. The van der Waals surface area contributed by atoms with Crippen LogP contribution in [0.2, 0.25) is 0 Å². The molecule has 1 aromatic heterocycles. The quantitative estimate of drug-likeness (QED) is 0.505. The summed E-state index contributed by atoms with van der Waals surface area (Å²) in [4.78, 5) is 10.9. The molecule has 0 saturated heterocycles. The fraction of sp³-hybridized carbons (Fsp3) is 0.333. The Morgan fingerprint density at radius 3 is 2.85 bits per heavy atom. The Bertz CT molecular complexity index is 617. The molecule has 0 bridgehead atoms. The van der Waals surface area contributed by atoms with Gasteiger partial charge in [0.1, 0.15) is 0 Å². The first kappa shape index (κ1) is 15.0. The van der Waals surface area contributed by atoms with E-state index in [-0.39, 0.29) is 24.0 Å². The van der Waals surface area contributed by atoms with Gasteiger partial charge in [-0.25, -0.2) is 4.99 Å². The third kappa shape index (κ3) is 3.20. The topological polar surface area (TPSA) is 54.5 Å². The Balaban J connectivity index is 0.00000147. The Hall–Kier alpha value is -1.37. The fourth-order valence-corrected chi connectivity index (χ4v) is 2.22. The van der Waals surface area contributed by atoms with Gasteiger partial charge in [0.15, 0.2) is 5.96 Å².